The summed E-state index contributed by atoms with van der Waals surface area (Å²) in [5.41, 5.74) is -0.773. The highest BCUT2D eigenvalue weighted by Crippen LogP contribution is 2.31. The molecule has 0 spiro atoms. The minimum absolute atomic E-state index is 0.170. The highest BCUT2D eigenvalue weighted by atomic mass is 19.1. The molecule has 0 aliphatic carbocycles. The quantitative estimate of drug-likeness (QED) is 0.810. The number of carboxylic acid groups (broad SMARTS) is 1. The summed E-state index contributed by atoms with van der Waals surface area (Å²) < 4.78 is 18.6. The average Bonchev–Trinajstić information content (AvgIpc) is 2.37. The SMILES string of the molecule is CCC(CC)(CCOc1ccccc1F)C(=O)O. The second kappa shape index (κ2) is 6.38. The van der Waals surface area contributed by atoms with E-state index in [0.717, 1.165) is 0 Å². The number of benzene rings is 1. The van der Waals surface area contributed by atoms with E-state index < -0.39 is 17.2 Å². The molecule has 0 heterocycles. The second-order valence-corrected chi connectivity index (χ2v) is 4.32. The van der Waals surface area contributed by atoms with Gasteiger partial charge in [-0.05, 0) is 31.4 Å². The molecule has 1 rings (SSSR count). The van der Waals surface area contributed by atoms with Crippen molar-refractivity contribution in [1.82, 2.24) is 0 Å². The van der Waals surface area contributed by atoms with Crippen LogP contribution < -0.4 is 4.74 Å². The standard InChI is InChI=1S/C14H19FO3/c1-3-14(4-2,13(16)17)9-10-18-12-8-6-5-7-11(12)15/h5-8H,3-4,9-10H2,1-2H3,(H,16,17). The summed E-state index contributed by atoms with van der Waals surface area (Å²) in [4.78, 5) is 11.3. The maximum absolute atomic E-state index is 13.3. The molecule has 100 valence electrons. The minimum atomic E-state index is -0.815. The van der Waals surface area contributed by atoms with Crippen LogP contribution in [-0.4, -0.2) is 17.7 Å². The molecular weight excluding hydrogens is 235 g/mol. The third kappa shape index (κ3) is 3.22. The van der Waals surface area contributed by atoms with Gasteiger partial charge in [0.2, 0.25) is 0 Å². The fourth-order valence-corrected chi connectivity index (χ4v) is 1.93. The van der Waals surface area contributed by atoms with Crippen LogP contribution in [0.15, 0.2) is 24.3 Å². The third-order valence-electron chi connectivity index (χ3n) is 3.48. The zero-order chi connectivity index (χ0) is 13.6. The van der Waals surface area contributed by atoms with E-state index >= 15 is 0 Å². The van der Waals surface area contributed by atoms with Crippen LogP contribution in [0, 0.1) is 11.2 Å². The largest absolute Gasteiger partial charge is 0.490 e. The van der Waals surface area contributed by atoms with Crippen molar-refractivity contribution in [2.24, 2.45) is 5.41 Å². The normalized spacial score (nSPS) is 11.3. The zero-order valence-corrected chi connectivity index (χ0v) is 10.8. The summed E-state index contributed by atoms with van der Waals surface area (Å²) in [6.45, 7) is 3.90. The molecule has 0 atom stereocenters. The van der Waals surface area contributed by atoms with Crippen molar-refractivity contribution in [2.45, 2.75) is 33.1 Å². The van der Waals surface area contributed by atoms with Crippen LogP contribution in [0.2, 0.25) is 0 Å². The van der Waals surface area contributed by atoms with Crippen LogP contribution >= 0.6 is 0 Å². The predicted octanol–water partition coefficient (Wildman–Crippen LogP) is 3.49. The Labute approximate surface area is 107 Å². The first-order chi connectivity index (χ1) is 8.55. The summed E-state index contributed by atoms with van der Waals surface area (Å²) in [5.74, 6) is -1.07. The van der Waals surface area contributed by atoms with E-state index in [4.69, 9.17) is 4.74 Å². The van der Waals surface area contributed by atoms with Crippen LogP contribution in [0.3, 0.4) is 0 Å². The van der Waals surface area contributed by atoms with E-state index in [-0.39, 0.29) is 12.4 Å². The first kappa shape index (κ1) is 14.5. The van der Waals surface area contributed by atoms with Gasteiger partial charge in [0, 0.05) is 0 Å². The van der Waals surface area contributed by atoms with E-state index in [2.05, 4.69) is 0 Å². The molecule has 1 N–H and O–H groups in total. The maximum atomic E-state index is 13.3. The van der Waals surface area contributed by atoms with Crippen molar-refractivity contribution in [3.63, 3.8) is 0 Å². The molecule has 0 fully saturated rings. The van der Waals surface area contributed by atoms with Gasteiger partial charge in [-0.3, -0.25) is 4.79 Å². The molecule has 1 aromatic rings. The van der Waals surface area contributed by atoms with E-state index in [9.17, 15) is 14.3 Å². The Morgan fingerprint density at radius 1 is 1.33 bits per heavy atom. The summed E-state index contributed by atoms with van der Waals surface area (Å²) in [6.07, 6.45) is 1.46. The number of ether oxygens (including phenoxy) is 1. The molecule has 0 saturated heterocycles. The topological polar surface area (TPSA) is 46.5 Å². The first-order valence-electron chi connectivity index (χ1n) is 6.16. The number of rotatable bonds is 7. The molecular formula is C14H19FO3. The minimum Gasteiger partial charge on any atom is -0.490 e. The van der Waals surface area contributed by atoms with Crippen LogP contribution in [0.25, 0.3) is 0 Å². The Morgan fingerprint density at radius 3 is 2.44 bits per heavy atom. The number of para-hydroxylation sites is 1. The number of carboxylic acids is 1. The highest BCUT2D eigenvalue weighted by molar-refractivity contribution is 5.74. The molecule has 4 heteroatoms. The Hall–Kier alpha value is -1.58. The van der Waals surface area contributed by atoms with Gasteiger partial charge in [0.25, 0.3) is 0 Å². The monoisotopic (exact) mass is 254 g/mol. The Bertz CT molecular complexity index is 400. The number of aliphatic carboxylic acids is 1. The molecule has 0 radical (unpaired) electrons. The summed E-state index contributed by atoms with van der Waals surface area (Å²) >= 11 is 0. The summed E-state index contributed by atoms with van der Waals surface area (Å²) in [6, 6.07) is 6.12. The Kier molecular flexibility index (Phi) is 5.13. The van der Waals surface area contributed by atoms with Crippen molar-refractivity contribution < 1.29 is 19.0 Å². The molecule has 0 bridgehead atoms. The van der Waals surface area contributed by atoms with Gasteiger partial charge in [-0.2, -0.15) is 0 Å². The second-order valence-electron chi connectivity index (χ2n) is 4.32. The van der Waals surface area contributed by atoms with Crippen molar-refractivity contribution in [3.8, 4) is 5.75 Å². The lowest BCUT2D eigenvalue weighted by atomic mass is 9.79. The van der Waals surface area contributed by atoms with Gasteiger partial charge in [0.05, 0.1) is 12.0 Å². The highest BCUT2D eigenvalue weighted by Gasteiger charge is 2.34. The number of carbonyl (C=O) groups is 1. The van der Waals surface area contributed by atoms with Gasteiger partial charge in [0.1, 0.15) is 0 Å². The van der Waals surface area contributed by atoms with Gasteiger partial charge in [-0.15, -0.1) is 0 Å². The Morgan fingerprint density at radius 2 is 1.94 bits per heavy atom. The first-order valence-corrected chi connectivity index (χ1v) is 6.16. The van der Waals surface area contributed by atoms with E-state index in [0.29, 0.717) is 19.3 Å². The van der Waals surface area contributed by atoms with Crippen molar-refractivity contribution in [1.29, 1.82) is 0 Å². The molecule has 3 nitrogen and oxygen atoms in total. The fraction of sp³-hybridized carbons (Fsp3) is 0.500. The summed E-state index contributed by atoms with van der Waals surface area (Å²) in [7, 11) is 0. The number of hydrogen-bond donors (Lipinski definition) is 1. The number of hydrogen-bond acceptors (Lipinski definition) is 2. The van der Waals surface area contributed by atoms with Crippen molar-refractivity contribution >= 4 is 5.97 Å². The van der Waals surface area contributed by atoms with E-state index in [1.54, 1.807) is 12.1 Å². The van der Waals surface area contributed by atoms with Crippen molar-refractivity contribution in [3.05, 3.63) is 30.1 Å². The molecule has 18 heavy (non-hydrogen) atoms. The lowest BCUT2D eigenvalue weighted by Crippen LogP contribution is -2.31. The fourth-order valence-electron chi connectivity index (χ4n) is 1.93. The number of halogens is 1. The molecule has 0 amide bonds. The summed E-state index contributed by atoms with van der Waals surface area (Å²) in [5, 5.41) is 9.25. The zero-order valence-electron chi connectivity index (χ0n) is 10.8. The van der Waals surface area contributed by atoms with Crippen molar-refractivity contribution in [2.75, 3.05) is 6.61 Å². The lowest BCUT2D eigenvalue weighted by molar-refractivity contribution is -0.150. The van der Waals surface area contributed by atoms with Crippen LogP contribution in [-0.2, 0) is 4.79 Å². The average molecular weight is 254 g/mol. The molecule has 0 unspecified atom stereocenters. The predicted molar refractivity (Wildman–Crippen MR) is 67.2 cm³/mol. The van der Waals surface area contributed by atoms with Crippen LogP contribution in [0.5, 0.6) is 5.75 Å². The molecule has 0 aliphatic heterocycles. The maximum Gasteiger partial charge on any atom is 0.309 e. The lowest BCUT2D eigenvalue weighted by Gasteiger charge is -2.26. The Balaban J connectivity index is 2.60. The van der Waals surface area contributed by atoms with Gasteiger partial charge in [0.15, 0.2) is 11.6 Å². The van der Waals surface area contributed by atoms with Crippen LogP contribution in [0.4, 0.5) is 4.39 Å². The van der Waals surface area contributed by atoms with E-state index in [1.807, 2.05) is 13.8 Å². The van der Waals surface area contributed by atoms with Crippen LogP contribution in [0.1, 0.15) is 33.1 Å². The molecule has 0 saturated carbocycles. The smallest absolute Gasteiger partial charge is 0.309 e. The molecule has 0 aliphatic rings. The molecule has 0 aromatic heterocycles. The van der Waals surface area contributed by atoms with Gasteiger partial charge >= 0.3 is 5.97 Å². The van der Waals surface area contributed by atoms with E-state index in [1.165, 1.54) is 12.1 Å². The third-order valence-corrected chi connectivity index (χ3v) is 3.48. The molecule has 1 aromatic carbocycles. The van der Waals surface area contributed by atoms with Gasteiger partial charge in [-0.25, -0.2) is 4.39 Å². The van der Waals surface area contributed by atoms with Gasteiger partial charge < -0.3 is 9.84 Å². The van der Waals surface area contributed by atoms with Gasteiger partial charge in [-0.1, -0.05) is 26.0 Å².